The fourth-order valence-electron chi connectivity index (χ4n) is 6.74. The van der Waals surface area contributed by atoms with E-state index in [0.29, 0.717) is 6.42 Å². The van der Waals surface area contributed by atoms with Crippen LogP contribution in [0.3, 0.4) is 0 Å². The summed E-state index contributed by atoms with van der Waals surface area (Å²) in [5.41, 5.74) is 0. The molecule has 3 unspecified atom stereocenters. The highest BCUT2D eigenvalue weighted by molar-refractivity contribution is 5.80. The van der Waals surface area contributed by atoms with Crippen molar-refractivity contribution in [1.29, 1.82) is 0 Å². The van der Waals surface area contributed by atoms with Gasteiger partial charge in [-0.05, 0) is 70.6 Å². The van der Waals surface area contributed by atoms with Gasteiger partial charge < -0.3 is 20.6 Å². The highest BCUT2D eigenvalue weighted by atomic mass is 16.3. The summed E-state index contributed by atoms with van der Waals surface area (Å²) >= 11 is 0. The number of aliphatic hydroxyl groups excluding tert-OH is 3. The smallest absolute Gasteiger partial charge is 0.249 e. The van der Waals surface area contributed by atoms with Gasteiger partial charge in [0.25, 0.3) is 0 Å². The molecule has 0 spiro atoms. The number of amides is 1. The zero-order valence-electron chi connectivity index (χ0n) is 35.1. The Labute approximate surface area is 329 Å². The van der Waals surface area contributed by atoms with E-state index in [9.17, 15) is 20.1 Å². The van der Waals surface area contributed by atoms with Crippen molar-refractivity contribution in [3.63, 3.8) is 0 Å². The van der Waals surface area contributed by atoms with Crippen LogP contribution in [0.5, 0.6) is 0 Å². The third kappa shape index (κ3) is 38.4. The molecular weight excluding hydrogens is 655 g/mol. The molecule has 0 aromatic rings. The highest BCUT2D eigenvalue weighted by Gasteiger charge is 2.22. The minimum atomic E-state index is -1.12. The fraction of sp³-hybridized carbons (Fsp3) is 0.812. The van der Waals surface area contributed by atoms with Crippen LogP contribution in [0, 0.1) is 0 Å². The number of hydrogen-bond acceptors (Lipinski definition) is 4. The van der Waals surface area contributed by atoms with Gasteiger partial charge in [0.15, 0.2) is 0 Å². The molecule has 5 nitrogen and oxygen atoms in total. The monoisotopic (exact) mass is 744 g/mol. The summed E-state index contributed by atoms with van der Waals surface area (Å²) in [7, 11) is 0. The average molecular weight is 744 g/mol. The van der Waals surface area contributed by atoms with Crippen LogP contribution in [0.4, 0.5) is 0 Å². The molecule has 0 bridgehead atoms. The van der Waals surface area contributed by atoms with Gasteiger partial charge in [-0.25, -0.2) is 0 Å². The number of allylic oxidation sites excluding steroid dienone is 7. The predicted octanol–water partition coefficient (Wildman–Crippen LogP) is 13.3. The van der Waals surface area contributed by atoms with Crippen LogP contribution in [0.25, 0.3) is 0 Å². The summed E-state index contributed by atoms with van der Waals surface area (Å²) < 4.78 is 0. The molecule has 1 amide bonds. The van der Waals surface area contributed by atoms with E-state index in [4.69, 9.17) is 0 Å². The molecule has 0 saturated carbocycles. The van der Waals surface area contributed by atoms with Gasteiger partial charge in [0.2, 0.25) is 5.91 Å². The number of carbonyl (C=O) groups is 1. The second-order valence-corrected chi connectivity index (χ2v) is 15.6. The van der Waals surface area contributed by atoms with Crippen LogP contribution in [-0.2, 0) is 4.79 Å². The SMILES string of the molecule is CCCCCCCCC/C=C/CC/C=C/CC/C=C/C(O)C(CO)NC(=O)C(O)CCCCCCCC/C=C\CCCCCCCCCCCCCC. The first-order valence-corrected chi connectivity index (χ1v) is 23.0. The Balaban J connectivity index is 3.73. The zero-order chi connectivity index (χ0) is 38.7. The van der Waals surface area contributed by atoms with Crippen molar-refractivity contribution in [2.24, 2.45) is 0 Å². The molecule has 5 heteroatoms. The van der Waals surface area contributed by atoms with E-state index in [1.54, 1.807) is 6.08 Å². The van der Waals surface area contributed by atoms with Crippen molar-refractivity contribution < 1.29 is 20.1 Å². The normalized spacial score (nSPS) is 14.0. The first kappa shape index (κ1) is 51.3. The van der Waals surface area contributed by atoms with Crippen LogP contribution in [0.1, 0.15) is 226 Å². The van der Waals surface area contributed by atoms with Gasteiger partial charge in [-0.15, -0.1) is 0 Å². The number of carbonyl (C=O) groups excluding carboxylic acids is 1. The molecular formula is C48H89NO4. The first-order chi connectivity index (χ1) is 26.1. The van der Waals surface area contributed by atoms with Crippen LogP contribution >= 0.6 is 0 Å². The van der Waals surface area contributed by atoms with Crippen molar-refractivity contribution in [1.82, 2.24) is 5.32 Å². The third-order valence-electron chi connectivity index (χ3n) is 10.4. The molecule has 0 aliphatic carbocycles. The molecule has 0 aromatic heterocycles. The molecule has 0 aromatic carbocycles. The highest BCUT2D eigenvalue weighted by Crippen LogP contribution is 2.14. The molecule has 0 aliphatic rings. The summed E-state index contributed by atoms with van der Waals surface area (Å²) in [6, 6.07) is -0.824. The van der Waals surface area contributed by atoms with Crippen LogP contribution in [0.2, 0.25) is 0 Å². The molecule has 0 radical (unpaired) electrons. The maximum Gasteiger partial charge on any atom is 0.249 e. The van der Waals surface area contributed by atoms with E-state index < -0.39 is 24.2 Å². The van der Waals surface area contributed by atoms with Gasteiger partial charge in [-0.1, -0.05) is 204 Å². The number of hydrogen-bond donors (Lipinski definition) is 4. The Kier molecular flexibility index (Phi) is 41.7. The average Bonchev–Trinajstić information content (AvgIpc) is 3.16. The standard InChI is InChI=1S/C48H89NO4/c1-3-5-7-9-11-13-15-17-19-21-22-23-24-25-27-29-31-33-35-37-39-41-43-47(52)48(53)49-45(44-50)46(51)42-40-38-36-34-32-30-28-26-20-18-16-14-12-10-8-6-4-2/h20,25-27,32,34,40,42,45-47,50-52H,3-19,21-24,28-31,33,35-39,41,43-44H2,1-2H3,(H,49,53)/b26-20+,27-25-,34-32+,42-40+. The van der Waals surface area contributed by atoms with E-state index in [0.717, 1.165) is 44.9 Å². The number of rotatable bonds is 41. The molecule has 0 heterocycles. The minimum absolute atomic E-state index is 0.384. The van der Waals surface area contributed by atoms with Gasteiger partial charge in [0.05, 0.1) is 18.8 Å². The van der Waals surface area contributed by atoms with Crippen LogP contribution in [-0.4, -0.2) is 46.1 Å². The second-order valence-electron chi connectivity index (χ2n) is 15.6. The number of aliphatic hydroxyl groups is 3. The Morgan fingerprint density at radius 2 is 0.774 bits per heavy atom. The number of unbranched alkanes of at least 4 members (excludes halogenated alkanes) is 27. The molecule has 0 aliphatic heterocycles. The third-order valence-corrected chi connectivity index (χ3v) is 10.4. The van der Waals surface area contributed by atoms with E-state index in [2.05, 4.69) is 55.6 Å². The van der Waals surface area contributed by atoms with Crippen molar-refractivity contribution in [3.8, 4) is 0 Å². The van der Waals surface area contributed by atoms with E-state index in [1.807, 2.05) is 6.08 Å². The molecule has 0 fully saturated rings. The predicted molar refractivity (Wildman–Crippen MR) is 231 cm³/mol. The lowest BCUT2D eigenvalue weighted by atomic mass is 10.0. The summed E-state index contributed by atoms with van der Waals surface area (Å²) in [5, 5.41) is 33.1. The van der Waals surface area contributed by atoms with E-state index in [-0.39, 0.29) is 6.61 Å². The lowest BCUT2D eigenvalue weighted by Gasteiger charge is -2.21. The van der Waals surface area contributed by atoms with Gasteiger partial charge in [-0.2, -0.15) is 0 Å². The molecule has 0 rings (SSSR count). The summed E-state index contributed by atoms with van der Waals surface area (Å²) in [6.45, 7) is 4.16. The molecule has 3 atom stereocenters. The summed E-state index contributed by atoms with van der Waals surface area (Å²) in [6.07, 6.45) is 55.8. The Hall–Kier alpha value is -1.69. The van der Waals surface area contributed by atoms with Gasteiger partial charge in [-0.3, -0.25) is 4.79 Å². The minimum Gasteiger partial charge on any atom is -0.394 e. The molecule has 53 heavy (non-hydrogen) atoms. The Bertz CT molecular complexity index is 866. The topological polar surface area (TPSA) is 89.8 Å². The van der Waals surface area contributed by atoms with Crippen LogP contribution < -0.4 is 5.32 Å². The quantitative estimate of drug-likeness (QED) is 0.0371. The lowest BCUT2D eigenvalue weighted by Crippen LogP contribution is -2.48. The Morgan fingerprint density at radius 3 is 1.15 bits per heavy atom. The van der Waals surface area contributed by atoms with Crippen molar-refractivity contribution in [3.05, 3.63) is 48.6 Å². The van der Waals surface area contributed by atoms with Crippen LogP contribution in [0.15, 0.2) is 48.6 Å². The van der Waals surface area contributed by atoms with Gasteiger partial charge >= 0.3 is 0 Å². The van der Waals surface area contributed by atoms with Crippen molar-refractivity contribution in [2.45, 2.75) is 244 Å². The molecule has 310 valence electrons. The molecule has 0 saturated heterocycles. The lowest BCUT2D eigenvalue weighted by molar-refractivity contribution is -0.131. The molecule has 4 N–H and O–H groups in total. The fourth-order valence-corrected chi connectivity index (χ4v) is 6.74. The Morgan fingerprint density at radius 1 is 0.453 bits per heavy atom. The summed E-state index contributed by atoms with van der Waals surface area (Å²) in [4.78, 5) is 12.5. The van der Waals surface area contributed by atoms with Gasteiger partial charge in [0.1, 0.15) is 6.10 Å². The first-order valence-electron chi connectivity index (χ1n) is 23.0. The largest absolute Gasteiger partial charge is 0.394 e. The zero-order valence-corrected chi connectivity index (χ0v) is 35.1. The van der Waals surface area contributed by atoms with E-state index in [1.165, 1.54) is 161 Å². The number of nitrogens with one attached hydrogen (secondary N) is 1. The second kappa shape index (κ2) is 43.0. The van der Waals surface area contributed by atoms with Crippen molar-refractivity contribution >= 4 is 5.91 Å². The maximum atomic E-state index is 12.5. The summed E-state index contributed by atoms with van der Waals surface area (Å²) in [5.74, 6) is -0.522. The van der Waals surface area contributed by atoms with Crippen molar-refractivity contribution in [2.75, 3.05) is 6.61 Å². The maximum absolute atomic E-state index is 12.5. The van der Waals surface area contributed by atoms with E-state index >= 15 is 0 Å². The van der Waals surface area contributed by atoms with Gasteiger partial charge in [0, 0.05) is 0 Å².